The van der Waals surface area contributed by atoms with Crippen molar-refractivity contribution < 1.29 is 19.4 Å². The molecule has 0 saturated heterocycles. The topological polar surface area (TPSA) is 75.6 Å². The van der Waals surface area contributed by atoms with Crippen molar-refractivity contribution in [3.63, 3.8) is 0 Å². The molecule has 0 aliphatic heterocycles. The Morgan fingerprint density at radius 2 is 2.00 bits per heavy atom. The maximum Gasteiger partial charge on any atom is 0.308 e. The third-order valence-corrected chi connectivity index (χ3v) is 3.45. The average molecular weight is 257 g/mol. The number of carbonyl (C=O) groups excluding carboxylic acids is 1. The van der Waals surface area contributed by atoms with Gasteiger partial charge in [0.25, 0.3) is 0 Å². The van der Waals surface area contributed by atoms with Crippen LogP contribution in [0.15, 0.2) is 0 Å². The van der Waals surface area contributed by atoms with Crippen LogP contribution in [-0.2, 0) is 14.3 Å². The lowest BCUT2D eigenvalue weighted by Gasteiger charge is -2.24. The molecule has 1 amide bonds. The molecule has 5 nitrogen and oxygen atoms in total. The second kappa shape index (κ2) is 7.36. The van der Waals surface area contributed by atoms with Crippen molar-refractivity contribution in [1.82, 2.24) is 5.32 Å². The van der Waals surface area contributed by atoms with Gasteiger partial charge in [-0.05, 0) is 26.7 Å². The number of nitrogens with one attached hydrogen (secondary N) is 1. The number of carboxylic acid groups (broad SMARTS) is 1. The molecule has 2 N–H and O–H groups in total. The lowest BCUT2D eigenvalue weighted by Crippen LogP contribution is -2.46. The number of hydrogen-bond donors (Lipinski definition) is 2. The second-order valence-electron chi connectivity index (χ2n) is 4.80. The van der Waals surface area contributed by atoms with Crippen molar-refractivity contribution in [3.05, 3.63) is 0 Å². The van der Waals surface area contributed by atoms with Gasteiger partial charge in [-0.25, -0.2) is 0 Å². The van der Waals surface area contributed by atoms with Gasteiger partial charge in [0.1, 0.15) is 6.10 Å². The van der Waals surface area contributed by atoms with Crippen LogP contribution in [0.1, 0.15) is 46.0 Å². The molecule has 0 aromatic heterocycles. The Hall–Kier alpha value is -1.10. The monoisotopic (exact) mass is 257 g/mol. The highest BCUT2D eigenvalue weighted by atomic mass is 16.5. The van der Waals surface area contributed by atoms with Gasteiger partial charge in [0.2, 0.25) is 5.91 Å². The van der Waals surface area contributed by atoms with E-state index in [2.05, 4.69) is 5.32 Å². The van der Waals surface area contributed by atoms with Crippen molar-refractivity contribution in [2.75, 3.05) is 6.61 Å². The van der Waals surface area contributed by atoms with E-state index in [0.717, 1.165) is 25.7 Å². The number of carbonyl (C=O) groups is 2. The molecule has 0 spiro atoms. The van der Waals surface area contributed by atoms with Crippen molar-refractivity contribution in [2.24, 2.45) is 5.92 Å². The molecule has 0 radical (unpaired) electrons. The lowest BCUT2D eigenvalue weighted by molar-refractivity contribution is -0.143. The smallest absolute Gasteiger partial charge is 0.308 e. The molecule has 0 aromatic rings. The predicted molar refractivity (Wildman–Crippen MR) is 67.2 cm³/mol. The van der Waals surface area contributed by atoms with Crippen LogP contribution < -0.4 is 5.32 Å². The van der Waals surface area contributed by atoms with Crippen molar-refractivity contribution >= 4 is 11.9 Å². The fraction of sp³-hybridized carbons (Fsp3) is 0.846. The van der Waals surface area contributed by atoms with Crippen LogP contribution in [0.25, 0.3) is 0 Å². The van der Waals surface area contributed by atoms with E-state index < -0.39 is 18.0 Å². The molecule has 1 unspecified atom stereocenters. The van der Waals surface area contributed by atoms with Gasteiger partial charge in [-0.1, -0.05) is 19.3 Å². The standard InChI is InChI=1S/C13H23NO4/c1-3-18-9(2)12(15)14-11-8-6-4-5-7-10(11)13(16)17/h9-11H,3-8H2,1-2H3,(H,14,15)(H,16,17)/t9?,10-,11+/m1/s1. The van der Waals surface area contributed by atoms with Gasteiger partial charge < -0.3 is 15.2 Å². The summed E-state index contributed by atoms with van der Waals surface area (Å²) in [6.07, 6.45) is 3.79. The summed E-state index contributed by atoms with van der Waals surface area (Å²) in [7, 11) is 0. The molecule has 5 heteroatoms. The highest BCUT2D eigenvalue weighted by molar-refractivity contribution is 5.81. The first-order valence-corrected chi connectivity index (χ1v) is 6.71. The van der Waals surface area contributed by atoms with Crippen LogP contribution in [0.2, 0.25) is 0 Å². The molecule has 1 fully saturated rings. The largest absolute Gasteiger partial charge is 0.481 e. The van der Waals surface area contributed by atoms with Crippen LogP contribution in [-0.4, -0.2) is 35.7 Å². The highest BCUT2D eigenvalue weighted by Crippen LogP contribution is 2.24. The summed E-state index contributed by atoms with van der Waals surface area (Å²) in [5.41, 5.74) is 0. The summed E-state index contributed by atoms with van der Waals surface area (Å²) in [6, 6.07) is -0.264. The van der Waals surface area contributed by atoms with E-state index in [9.17, 15) is 14.7 Å². The molecule has 1 saturated carbocycles. The Balaban J connectivity index is 2.60. The van der Waals surface area contributed by atoms with Gasteiger partial charge in [-0.15, -0.1) is 0 Å². The van der Waals surface area contributed by atoms with E-state index in [4.69, 9.17) is 4.74 Å². The van der Waals surface area contributed by atoms with Crippen LogP contribution in [0.3, 0.4) is 0 Å². The Kier molecular flexibility index (Phi) is 6.12. The zero-order chi connectivity index (χ0) is 13.5. The number of hydrogen-bond acceptors (Lipinski definition) is 3. The van der Waals surface area contributed by atoms with E-state index >= 15 is 0 Å². The van der Waals surface area contributed by atoms with Crippen LogP contribution in [0.4, 0.5) is 0 Å². The zero-order valence-corrected chi connectivity index (χ0v) is 11.1. The first-order chi connectivity index (χ1) is 8.56. The minimum absolute atomic E-state index is 0.213. The third kappa shape index (κ3) is 4.29. The van der Waals surface area contributed by atoms with E-state index in [1.54, 1.807) is 6.92 Å². The molecule has 104 valence electrons. The van der Waals surface area contributed by atoms with Crippen molar-refractivity contribution in [2.45, 2.75) is 58.1 Å². The Labute approximate surface area is 108 Å². The molecule has 0 aromatic carbocycles. The van der Waals surface area contributed by atoms with Gasteiger partial charge in [-0.3, -0.25) is 9.59 Å². The molecule has 18 heavy (non-hydrogen) atoms. The summed E-state index contributed by atoms with van der Waals surface area (Å²) >= 11 is 0. The van der Waals surface area contributed by atoms with E-state index in [-0.39, 0.29) is 11.9 Å². The molecule has 1 aliphatic carbocycles. The maximum atomic E-state index is 11.9. The fourth-order valence-corrected chi connectivity index (χ4v) is 2.40. The van der Waals surface area contributed by atoms with Crippen LogP contribution in [0.5, 0.6) is 0 Å². The Morgan fingerprint density at radius 1 is 1.33 bits per heavy atom. The average Bonchev–Trinajstić information content (AvgIpc) is 2.54. The molecule has 3 atom stereocenters. The van der Waals surface area contributed by atoms with Gasteiger partial charge in [0.05, 0.1) is 5.92 Å². The summed E-state index contributed by atoms with van der Waals surface area (Å²) in [4.78, 5) is 23.1. The minimum atomic E-state index is -0.814. The highest BCUT2D eigenvalue weighted by Gasteiger charge is 2.31. The van der Waals surface area contributed by atoms with Crippen molar-refractivity contribution in [3.8, 4) is 0 Å². The normalized spacial score (nSPS) is 26.1. The molecule has 1 aliphatic rings. The summed E-state index contributed by atoms with van der Waals surface area (Å²) in [6.45, 7) is 3.99. The first kappa shape index (κ1) is 15.0. The molecule has 1 rings (SSSR count). The summed E-state index contributed by atoms with van der Waals surface area (Å²) in [5, 5.41) is 12.0. The number of ether oxygens (including phenoxy) is 1. The third-order valence-electron chi connectivity index (χ3n) is 3.45. The molecule has 0 bridgehead atoms. The van der Waals surface area contributed by atoms with Gasteiger partial charge in [0, 0.05) is 12.6 Å². The van der Waals surface area contributed by atoms with E-state index in [1.165, 1.54) is 0 Å². The van der Waals surface area contributed by atoms with Crippen molar-refractivity contribution in [1.29, 1.82) is 0 Å². The van der Waals surface area contributed by atoms with Crippen LogP contribution in [0, 0.1) is 5.92 Å². The molecular weight excluding hydrogens is 234 g/mol. The number of rotatable bonds is 5. The Morgan fingerprint density at radius 3 is 2.61 bits per heavy atom. The SMILES string of the molecule is CCOC(C)C(=O)N[C@H]1CCCCC[C@H]1C(=O)O. The van der Waals surface area contributed by atoms with Gasteiger partial charge in [0.15, 0.2) is 0 Å². The fourth-order valence-electron chi connectivity index (χ4n) is 2.40. The summed E-state index contributed by atoms with van der Waals surface area (Å²) in [5.74, 6) is -1.49. The molecule has 0 heterocycles. The number of carboxylic acids is 1. The van der Waals surface area contributed by atoms with Crippen LogP contribution >= 0.6 is 0 Å². The van der Waals surface area contributed by atoms with Gasteiger partial charge in [-0.2, -0.15) is 0 Å². The first-order valence-electron chi connectivity index (χ1n) is 6.71. The Bertz CT molecular complexity index is 293. The lowest BCUT2D eigenvalue weighted by atomic mass is 9.94. The number of aliphatic carboxylic acids is 1. The van der Waals surface area contributed by atoms with Gasteiger partial charge >= 0.3 is 5.97 Å². The quantitative estimate of drug-likeness (QED) is 0.733. The predicted octanol–water partition coefficient (Wildman–Crippen LogP) is 1.56. The van der Waals surface area contributed by atoms with E-state index in [1.807, 2.05) is 6.92 Å². The summed E-state index contributed by atoms with van der Waals surface area (Å²) < 4.78 is 5.21. The number of amides is 1. The maximum absolute atomic E-state index is 11.9. The second-order valence-corrected chi connectivity index (χ2v) is 4.80. The van der Waals surface area contributed by atoms with E-state index in [0.29, 0.717) is 13.0 Å². The zero-order valence-electron chi connectivity index (χ0n) is 11.1. The minimum Gasteiger partial charge on any atom is -0.481 e. The molecular formula is C13H23NO4.